The molecule has 0 bridgehead atoms. The summed E-state index contributed by atoms with van der Waals surface area (Å²) in [5.74, 6) is 0. The van der Waals surface area contributed by atoms with Crippen molar-refractivity contribution >= 4 is 11.8 Å². The van der Waals surface area contributed by atoms with Gasteiger partial charge in [0.05, 0.1) is 0 Å². The van der Waals surface area contributed by atoms with Crippen molar-refractivity contribution in [2.24, 2.45) is 7.05 Å². The summed E-state index contributed by atoms with van der Waals surface area (Å²) >= 11 is 1.81. The molecule has 0 radical (unpaired) electrons. The maximum atomic E-state index is 4.03. The van der Waals surface area contributed by atoms with Gasteiger partial charge in [-0.1, -0.05) is 11.8 Å². The fraction of sp³-hybridized carbons (Fsp3) is 0.714. The van der Waals surface area contributed by atoms with Crippen molar-refractivity contribution in [3.8, 4) is 0 Å². The van der Waals surface area contributed by atoms with Gasteiger partial charge in [0.15, 0.2) is 5.16 Å². The third-order valence-corrected chi connectivity index (χ3v) is 3.27. The molecule has 4 nitrogen and oxygen atoms in total. The number of nitrogens with zero attached hydrogens (tertiary/aromatic N) is 3. The van der Waals surface area contributed by atoms with Crippen molar-refractivity contribution in [3.63, 3.8) is 0 Å². The minimum Gasteiger partial charge on any atom is -0.316 e. The molecule has 2 rings (SSSR count). The van der Waals surface area contributed by atoms with E-state index in [2.05, 4.69) is 15.5 Å². The normalized spacial score (nSPS) is 23.2. The van der Waals surface area contributed by atoms with E-state index in [1.54, 1.807) is 6.33 Å². The number of hydrogen-bond donors (Lipinski definition) is 1. The predicted molar refractivity (Wildman–Crippen MR) is 48.1 cm³/mol. The van der Waals surface area contributed by atoms with E-state index in [-0.39, 0.29) is 0 Å². The molecular formula is C7H12N4S. The first kappa shape index (κ1) is 8.07. The molecule has 2 heterocycles. The zero-order valence-electron chi connectivity index (χ0n) is 7.03. The van der Waals surface area contributed by atoms with Crippen molar-refractivity contribution in [2.45, 2.75) is 16.8 Å². The fourth-order valence-electron chi connectivity index (χ4n) is 1.26. The van der Waals surface area contributed by atoms with Gasteiger partial charge in [-0.25, -0.2) is 0 Å². The van der Waals surface area contributed by atoms with Crippen molar-refractivity contribution in [1.29, 1.82) is 0 Å². The standard InChI is InChI=1S/C7H12N4S/c1-11-5-9-10-7(11)12-6-2-3-8-4-6/h5-6,8H,2-4H2,1H3/t6-/m0/s1. The molecule has 0 aliphatic carbocycles. The number of nitrogens with one attached hydrogen (secondary N) is 1. The van der Waals surface area contributed by atoms with Crippen molar-refractivity contribution in [1.82, 2.24) is 20.1 Å². The lowest BCUT2D eigenvalue weighted by molar-refractivity contribution is 0.781. The molecule has 0 amide bonds. The van der Waals surface area contributed by atoms with Crippen LogP contribution in [0.1, 0.15) is 6.42 Å². The third kappa shape index (κ3) is 1.61. The maximum Gasteiger partial charge on any atom is 0.191 e. The Balaban J connectivity index is 1.98. The van der Waals surface area contributed by atoms with Gasteiger partial charge in [0, 0.05) is 18.8 Å². The van der Waals surface area contributed by atoms with Crippen LogP contribution in [0.4, 0.5) is 0 Å². The number of hydrogen-bond acceptors (Lipinski definition) is 4. The Morgan fingerprint density at radius 2 is 2.67 bits per heavy atom. The minimum absolute atomic E-state index is 0.674. The van der Waals surface area contributed by atoms with Crippen LogP contribution in [0, 0.1) is 0 Å². The molecule has 1 aromatic rings. The van der Waals surface area contributed by atoms with Crippen LogP contribution >= 0.6 is 11.8 Å². The number of rotatable bonds is 2. The first-order valence-electron chi connectivity index (χ1n) is 4.07. The fourth-order valence-corrected chi connectivity index (χ4v) is 2.30. The zero-order valence-corrected chi connectivity index (χ0v) is 7.84. The highest BCUT2D eigenvalue weighted by atomic mass is 32.2. The van der Waals surface area contributed by atoms with Crippen LogP contribution in [0.5, 0.6) is 0 Å². The van der Waals surface area contributed by atoms with E-state index >= 15 is 0 Å². The van der Waals surface area contributed by atoms with Gasteiger partial charge in [-0.15, -0.1) is 10.2 Å². The van der Waals surface area contributed by atoms with Gasteiger partial charge in [0.2, 0.25) is 0 Å². The zero-order chi connectivity index (χ0) is 8.39. The summed E-state index contributed by atoms with van der Waals surface area (Å²) in [6.45, 7) is 2.23. The molecule has 66 valence electrons. The van der Waals surface area contributed by atoms with Gasteiger partial charge in [0.1, 0.15) is 6.33 Å². The Labute approximate surface area is 75.8 Å². The van der Waals surface area contributed by atoms with Gasteiger partial charge in [-0.2, -0.15) is 0 Å². The van der Waals surface area contributed by atoms with E-state index in [1.807, 2.05) is 23.4 Å². The second-order valence-corrected chi connectivity index (χ2v) is 4.22. The average Bonchev–Trinajstić information content (AvgIpc) is 2.65. The van der Waals surface area contributed by atoms with Gasteiger partial charge in [0.25, 0.3) is 0 Å². The molecule has 1 aliphatic rings. The second-order valence-electron chi connectivity index (χ2n) is 2.96. The molecule has 0 unspecified atom stereocenters. The summed E-state index contributed by atoms with van der Waals surface area (Å²) in [5.41, 5.74) is 0. The Morgan fingerprint density at radius 1 is 1.75 bits per heavy atom. The van der Waals surface area contributed by atoms with Crippen LogP contribution in [0.15, 0.2) is 11.5 Å². The molecule has 0 aromatic carbocycles. The highest BCUT2D eigenvalue weighted by molar-refractivity contribution is 7.99. The maximum absolute atomic E-state index is 4.03. The summed E-state index contributed by atoms with van der Waals surface area (Å²) in [6.07, 6.45) is 2.97. The molecule has 1 atom stereocenters. The first-order chi connectivity index (χ1) is 5.86. The Morgan fingerprint density at radius 3 is 3.25 bits per heavy atom. The molecular weight excluding hydrogens is 172 g/mol. The molecule has 0 spiro atoms. The number of thioether (sulfide) groups is 1. The molecule has 1 aromatic heterocycles. The minimum atomic E-state index is 0.674. The Kier molecular flexibility index (Phi) is 2.32. The Hall–Kier alpha value is -0.550. The van der Waals surface area contributed by atoms with Crippen molar-refractivity contribution in [2.75, 3.05) is 13.1 Å². The summed E-state index contributed by atoms with van der Waals surface area (Å²) in [4.78, 5) is 0. The van der Waals surface area contributed by atoms with Gasteiger partial charge in [-0.3, -0.25) is 0 Å². The monoisotopic (exact) mass is 184 g/mol. The number of aromatic nitrogens is 3. The van der Waals surface area contributed by atoms with Gasteiger partial charge in [-0.05, 0) is 13.0 Å². The average molecular weight is 184 g/mol. The van der Waals surface area contributed by atoms with Crippen LogP contribution in [-0.2, 0) is 7.05 Å². The van der Waals surface area contributed by atoms with Crippen molar-refractivity contribution < 1.29 is 0 Å². The van der Waals surface area contributed by atoms with E-state index < -0.39 is 0 Å². The summed E-state index contributed by atoms with van der Waals surface area (Å²) in [6, 6.07) is 0. The predicted octanol–water partition coefficient (Wildman–Crippen LogP) is 0.269. The molecule has 1 fully saturated rings. The van der Waals surface area contributed by atoms with Gasteiger partial charge >= 0.3 is 0 Å². The van der Waals surface area contributed by atoms with Crippen LogP contribution in [0.2, 0.25) is 0 Å². The lowest BCUT2D eigenvalue weighted by Crippen LogP contribution is -2.10. The molecule has 0 saturated carbocycles. The topological polar surface area (TPSA) is 42.7 Å². The molecule has 1 saturated heterocycles. The van der Waals surface area contributed by atoms with Crippen LogP contribution in [0.3, 0.4) is 0 Å². The van der Waals surface area contributed by atoms with Gasteiger partial charge < -0.3 is 9.88 Å². The number of aryl methyl sites for hydroxylation is 1. The largest absolute Gasteiger partial charge is 0.316 e. The SMILES string of the molecule is Cn1cnnc1S[C@H]1CCNC1. The molecule has 1 aliphatic heterocycles. The second kappa shape index (κ2) is 3.45. The van der Waals surface area contributed by atoms with E-state index in [9.17, 15) is 0 Å². The lowest BCUT2D eigenvalue weighted by Gasteiger charge is -2.05. The summed E-state index contributed by atoms with van der Waals surface area (Å²) < 4.78 is 1.96. The molecule has 5 heteroatoms. The highest BCUT2D eigenvalue weighted by Gasteiger charge is 2.17. The van der Waals surface area contributed by atoms with Crippen molar-refractivity contribution in [3.05, 3.63) is 6.33 Å². The summed E-state index contributed by atoms with van der Waals surface area (Å²) in [5, 5.41) is 12.9. The quantitative estimate of drug-likeness (QED) is 0.716. The van der Waals surface area contributed by atoms with E-state index in [1.165, 1.54) is 6.42 Å². The van der Waals surface area contributed by atoms with Crippen LogP contribution in [0.25, 0.3) is 0 Å². The Bertz CT molecular complexity index is 254. The summed E-state index contributed by atoms with van der Waals surface area (Å²) in [7, 11) is 1.98. The highest BCUT2D eigenvalue weighted by Crippen LogP contribution is 2.23. The third-order valence-electron chi connectivity index (χ3n) is 1.96. The van der Waals surface area contributed by atoms with E-state index in [0.29, 0.717) is 5.25 Å². The van der Waals surface area contributed by atoms with E-state index in [4.69, 9.17) is 0 Å². The van der Waals surface area contributed by atoms with Crippen LogP contribution in [-0.4, -0.2) is 33.1 Å². The van der Waals surface area contributed by atoms with Crippen LogP contribution < -0.4 is 5.32 Å². The molecule has 1 N–H and O–H groups in total. The smallest absolute Gasteiger partial charge is 0.191 e. The molecule has 12 heavy (non-hydrogen) atoms. The van der Waals surface area contributed by atoms with E-state index in [0.717, 1.165) is 18.2 Å². The first-order valence-corrected chi connectivity index (χ1v) is 4.95. The lowest BCUT2D eigenvalue weighted by atomic mass is 10.4.